The van der Waals surface area contributed by atoms with Crippen LogP contribution in [0.1, 0.15) is 71.8 Å². The van der Waals surface area contributed by atoms with Crippen molar-refractivity contribution in [2.45, 2.75) is 81.6 Å². The van der Waals surface area contributed by atoms with Gasteiger partial charge in [-0.05, 0) is 46.4 Å². The van der Waals surface area contributed by atoms with Gasteiger partial charge in [-0.2, -0.15) is 0 Å². The Morgan fingerprint density at radius 3 is 1.77 bits per heavy atom. The van der Waals surface area contributed by atoms with Crippen molar-refractivity contribution in [1.82, 2.24) is 0 Å². The Bertz CT molecular complexity index is 2050. The number of ether oxygens (including phenoxy) is 6. The molecule has 6 aromatic rings. The van der Waals surface area contributed by atoms with E-state index in [2.05, 4.69) is 36.4 Å². The van der Waals surface area contributed by atoms with Crippen LogP contribution in [0.2, 0.25) is 0 Å². The largest absolute Gasteiger partial charge is 0.497 e. The van der Waals surface area contributed by atoms with Gasteiger partial charge in [-0.1, -0.05) is 164 Å². The van der Waals surface area contributed by atoms with E-state index in [-0.39, 0.29) is 37.8 Å². The molecule has 0 radical (unpaired) electrons. The maximum atomic E-state index is 13.8. The van der Waals surface area contributed by atoms with Gasteiger partial charge in [0.15, 0.2) is 6.29 Å². The number of hydrogen-bond acceptors (Lipinski definition) is 8. The Labute approximate surface area is 360 Å². The summed E-state index contributed by atoms with van der Waals surface area (Å²) in [7, 11) is 1.64. The molecule has 8 nitrogen and oxygen atoms in total. The molecule has 0 aliphatic carbocycles. The zero-order valence-corrected chi connectivity index (χ0v) is 34.8. The minimum absolute atomic E-state index is 0.0235. The van der Waals surface area contributed by atoms with E-state index in [9.17, 15) is 9.90 Å². The van der Waals surface area contributed by atoms with Crippen molar-refractivity contribution in [3.63, 3.8) is 0 Å². The molecule has 316 valence electrons. The quantitative estimate of drug-likeness (QED) is 0.0535. The third-order valence-electron chi connectivity index (χ3n) is 11.1. The van der Waals surface area contributed by atoms with Crippen LogP contribution in [0.5, 0.6) is 5.75 Å². The highest BCUT2D eigenvalue weighted by molar-refractivity contribution is 5.79. The molecule has 7 rings (SSSR count). The average Bonchev–Trinajstić information content (AvgIpc) is 3.31. The predicted molar refractivity (Wildman–Crippen MR) is 236 cm³/mol. The van der Waals surface area contributed by atoms with Gasteiger partial charge in [-0.25, -0.2) is 0 Å². The Morgan fingerprint density at radius 2 is 1.20 bits per heavy atom. The second-order valence-electron chi connectivity index (χ2n) is 15.5. The van der Waals surface area contributed by atoms with Gasteiger partial charge in [0.2, 0.25) is 0 Å². The molecule has 0 spiro atoms. The first-order valence-electron chi connectivity index (χ1n) is 21.2. The van der Waals surface area contributed by atoms with Crippen molar-refractivity contribution < 1.29 is 38.3 Å². The summed E-state index contributed by atoms with van der Waals surface area (Å²) in [6.45, 7) is 1.52. The van der Waals surface area contributed by atoms with Gasteiger partial charge < -0.3 is 33.5 Å². The van der Waals surface area contributed by atoms with Crippen molar-refractivity contribution in [3.05, 3.63) is 209 Å². The van der Waals surface area contributed by atoms with E-state index in [0.29, 0.717) is 32.7 Å². The van der Waals surface area contributed by atoms with Crippen LogP contribution in [-0.4, -0.2) is 55.6 Å². The lowest BCUT2D eigenvalue weighted by Crippen LogP contribution is -2.41. The van der Waals surface area contributed by atoms with Gasteiger partial charge in [0.05, 0.1) is 51.3 Å². The zero-order valence-electron chi connectivity index (χ0n) is 34.8. The van der Waals surface area contributed by atoms with Gasteiger partial charge in [0.1, 0.15) is 17.1 Å². The Balaban J connectivity index is 1.03. The normalized spacial score (nSPS) is 17.6. The Morgan fingerprint density at radius 1 is 0.672 bits per heavy atom. The van der Waals surface area contributed by atoms with E-state index in [0.717, 1.165) is 39.1 Å². The van der Waals surface area contributed by atoms with Crippen LogP contribution < -0.4 is 4.74 Å². The van der Waals surface area contributed by atoms with Gasteiger partial charge in [0.25, 0.3) is 0 Å². The molecule has 1 fully saturated rings. The highest BCUT2D eigenvalue weighted by Gasteiger charge is 2.40. The summed E-state index contributed by atoms with van der Waals surface area (Å²) < 4.78 is 37.9. The predicted octanol–water partition coefficient (Wildman–Crippen LogP) is 10.2. The van der Waals surface area contributed by atoms with Gasteiger partial charge >= 0.3 is 0 Å². The number of rotatable bonds is 22. The van der Waals surface area contributed by atoms with Crippen LogP contribution >= 0.6 is 0 Å². The van der Waals surface area contributed by atoms with Crippen LogP contribution in [0.25, 0.3) is 0 Å². The summed E-state index contributed by atoms with van der Waals surface area (Å²) in [6.07, 6.45) is -1.41. The average molecular weight is 821 g/mol. The second kappa shape index (κ2) is 22.4. The molecule has 1 heterocycles. The number of carbonyl (C=O) groups is 1. The number of hydrogen-bond donors (Lipinski definition) is 1. The van der Waals surface area contributed by atoms with E-state index < -0.39 is 30.2 Å². The van der Waals surface area contributed by atoms with Gasteiger partial charge in [-0.15, -0.1) is 0 Å². The van der Waals surface area contributed by atoms with E-state index in [1.165, 1.54) is 0 Å². The lowest BCUT2D eigenvalue weighted by molar-refractivity contribution is -0.260. The highest BCUT2D eigenvalue weighted by atomic mass is 16.7. The number of ketones is 1. The minimum Gasteiger partial charge on any atom is -0.497 e. The molecule has 0 aromatic heterocycles. The fraction of sp³-hybridized carbons (Fsp3) is 0.302. The third-order valence-corrected chi connectivity index (χ3v) is 11.1. The van der Waals surface area contributed by atoms with E-state index in [1.807, 2.05) is 140 Å². The summed E-state index contributed by atoms with van der Waals surface area (Å²) in [4.78, 5) is 13.8. The van der Waals surface area contributed by atoms with Crippen molar-refractivity contribution in [2.24, 2.45) is 0 Å². The standard InChI is InChI=1S/C53H56O8/c1-56-48-29-27-41(28-30-48)38-58-49(31-32-57-37-40-17-7-2-8-18-40)34-46(54)33-47(55)35-50-36-51(61-52(60-50)42-19-9-3-10-20-42)39-59-53(43-21-11-4-12-22-43,44-23-13-5-14-24-44)45-25-15-6-16-26-45/h2-30,46,49-52,54H,31-39H2,1H3/t46-,49+,50?,51-,52-/m1/s1. The summed E-state index contributed by atoms with van der Waals surface area (Å²) >= 11 is 0. The molecule has 1 saturated heterocycles. The van der Waals surface area contributed by atoms with Crippen molar-refractivity contribution in [2.75, 3.05) is 20.3 Å². The number of Topliss-reactive ketones (excluding diaryl/α,β-unsaturated/α-hetero) is 1. The minimum atomic E-state index is -0.929. The highest BCUT2D eigenvalue weighted by Crippen LogP contribution is 2.42. The van der Waals surface area contributed by atoms with E-state index >= 15 is 0 Å². The van der Waals surface area contributed by atoms with Gasteiger partial charge in [0, 0.05) is 37.9 Å². The molecule has 5 atom stereocenters. The number of carbonyl (C=O) groups excluding carboxylic acids is 1. The summed E-state index contributed by atoms with van der Waals surface area (Å²) in [6, 6.07) is 58.3. The zero-order chi connectivity index (χ0) is 42.1. The Hall–Kier alpha value is -5.45. The first kappa shape index (κ1) is 43.6. The molecule has 0 bridgehead atoms. The molecule has 0 saturated carbocycles. The van der Waals surface area contributed by atoms with Crippen molar-refractivity contribution >= 4 is 5.78 Å². The number of aliphatic hydroxyl groups excluding tert-OH is 1. The monoisotopic (exact) mass is 820 g/mol. The topological polar surface area (TPSA) is 92.7 Å². The molecule has 1 aliphatic heterocycles. The summed E-state index contributed by atoms with van der Waals surface area (Å²) in [5.41, 5.74) is 4.98. The van der Waals surface area contributed by atoms with Crippen LogP contribution in [0.3, 0.4) is 0 Å². The molecular formula is C53H56O8. The van der Waals surface area contributed by atoms with Crippen molar-refractivity contribution in [3.8, 4) is 5.75 Å². The lowest BCUT2D eigenvalue weighted by atomic mass is 9.80. The van der Waals surface area contributed by atoms with Crippen LogP contribution in [0, 0.1) is 0 Å². The summed E-state index contributed by atoms with van der Waals surface area (Å²) in [5, 5.41) is 11.4. The smallest absolute Gasteiger partial charge is 0.184 e. The molecule has 6 aromatic carbocycles. The fourth-order valence-electron chi connectivity index (χ4n) is 7.95. The number of benzene rings is 6. The SMILES string of the molecule is COc1ccc(CO[C@@H](CCOCc2ccccc2)C[C@H](O)CC(=O)CC2C[C@H](COC(c3ccccc3)(c3ccccc3)c3ccccc3)O[C@H](c3ccccc3)O2)cc1. The van der Waals surface area contributed by atoms with Crippen LogP contribution in [-0.2, 0) is 47.3 Å². The molecule has 1 N–H and O–H groups in total. The first-order chi connectivity index (χ1) is 30.0. The number of methoxy groups -OCH3 is 1. The van der Waals surface area contributed by atoms with Crippen molar-refractivity contribution in [1.29, 1.82) is 0 Å². The molecule has 1 aliphatic rings. The first-order valence-corrected chi connectivity index (χ1v) is 21.2. The van der Waals surface area contributed by atoms with E-state index in [1.54, 1.807) is 7.11 Å². The lowest BCUT2D eigenvalue weighted by Gasteiger charge is -2.40. The van der Waals surface area contributed by atoms with Crippen LogP contribution in [0.15, 0.2) is 176 Å². The number of aliphatic hydroxyl groups is 1. The molecule has 8 heteroatoms. The maximum Gasteiger partial charge on any atom is 0.184 e. The molecular weight excluding hydrogens is 765 g/mol. The van der Waals surface area contributed by atoms with Gasteiger partial charge in [-0.3, -0.25) is 4.79 Å². The summed E-state index contributed by atoms with van der Waals surface area (Å²) in [5.74, 6) is 0.679. The Kier molecular flexibility index (Phi) is 16.0. The molecule has 61 heavy (non-hydrogen) atoms. The maximum absolute atomic E-state index is 13.8. The fourth-order valence-corrected chi connectivity index (χ4v) is 7.95. The molecule has 0 amide bonds. The molecule has 1 unspecified atom stereocenters. The van der Waals surface area contributed by atoms with Crippen LogP contribution in [0.4, 0.5) is 0 Å². The second-order valence-corrected chi connectivity index (χ2v) is 15.5. The third kappa shape index (κ3) is 12.3. The van der Waals surface area contributed by atoms with E-state index in [4.69, 9.17) is 28.4 Å².